The van der Waals surface area contributed by atoms with Gasteiger partial charge in [-0.1, -0.05) is 12.1 Å². The fraction of sp³-hybridized carbons (Fsp3) is 0.500. The van der Waals surface area contributed by atoms with Crippen LogP contribution in [0.25, 0.3) is 0 Å². The van der Waals surface area contributed by atoms with E-state index in [1.807, 2.05) is 19.9 Å². The van der Waals surface area contributed by atoms with Crippen LogP contribution in [0.3, 0.4) is 0 Å². The molecule has 0 bridgehead atoms. The van der Waals surface area contributed by atoms with E-state index in [0.717, 1.165) is 37.1 Å². The molecule has 3 rings (SSSR count). The van der Waals surface area contributed by atoms with Gasteiger partial charge in [0.25, 0.3) is 5.56 Å². The Labute approximate surface area is 173 Å². The first-order chi connectivity index (χ1) is 14.2. The average Bonchev–Trinajstić information content (AvgIpc) is 2.71. The first kappa shape index (κ1) is 22.2. The van der Waals surface area contributed by atoms with Gasteiger partial charge in [0.15, 0.2) is 6.61 Å². The fourth-order valence-corrected chi connectivity index (χ4v) is 3.55. The normalized spacial score (nSPS) is 18.1. The predicted molar refractivity (Wildman–Crippen MR) is 106 cm³/mol. The lowest BCUT2D eigenvalue weighted by Gasteiger charge is -2.23. The third kappa shape index (κ3) is 6.01. The highest BCUT2D eigenvalue weighted by molar-refractivity contribution is 5.31. The van der Waals surface area contributed by atoms with Crippen LogP contribution >= 0.6 is 0 Å². The summed E-state index contributed by atoms with van der Waals surface area (Å²) in [7, 11) is 0. The Kier molecular flexibility index (Phi) is 7.07. The maximum atomic E-state index is 12.7. The summed E-state index contributed by atoms with van der Waals surface area (Å²) < 4.78 is 54.6. The molecule has 1 aromatic carbocycles. The van der Waals surface area contributed by atoms with Crippen molar-refractivity contribution in [3.63, 3.8) is 0 Å². The molecule has 30 heavy (non-hydrogen) atoms. The van der Waals surface area contributed by atoms with E-state index < -0.39 is 12.8 Å². The van der Waals surface area contributed by atoms with Gasteiger partial charge in [-0.15, -0.1) is 0 Å². The Morgan fingerprint density at radius 3 is 2.47 bits per heavy atom. The molecule has 1 aliphatic heterocycles. The zero-order valence-electron chi connectivity index (χ0n) is 17.1. The monoisotopic (exact) mass is 425 g/mol. The number of hydrogen-bond acceptors (Lipinski definition) is 4. The first-order valence-corrected chi connectivity index (χ1v) is 10.00. The van der Waals surface area contributed by atoms with Gasteiger partial charge in [0.2, 0.25) is 0 Å². The van der Waals surface area contributed by atoms with E-state index in [2.05, 4.69) is 0 Å². The summed E-state index contributed by atoms with van der Waals surface area (Å²) in [6.07, 6.45) is -1.19. The van der Waals surface area contributed by atoms with Gasteiger partial charge in [0, 0.05) is 18.4 Å². The van der Waals surface area contributed by atoms with Crippen LogP contribution in [0.1, 0.15) is 43.5 Å². The molecule has 0 saturated carbocycles. The number of aryl methyl sites for hydroxylation is 1. The van der Waals surface area contributed by atoms with Crippen molar-refractivity contribution in [1.29, 1.82) is 0 Å². The quantitative estimate of drug-likeness (QED) is 0.648. The minimum Gasteiger partial charge on any atom is -0.491 e. The Morgan fingerprint density at radius 1 is 1.13 bits per heavy atom. The van der Waals surface area contributed by atoms with E-state index in [9.17, 15) is 18.0 Å². The molecule has 164 valence electrons. The molecule has 8 heteroatoms. The molecule has 0 N–H and O–H groups in total. The summed E-state index contributed by atoms with van der Waals surface area (Å²) in [5.41, 5.74) is 1.30. The predicted octanol–water partition coefficient (Wildman–Crippen LogP) is 4.66. The fourth-order valence-electron chi connectivity index (χ4n) is 3.55. The van der Waals surface area contributed by atoms with Crippen LogP contribution in [-0.4, -0.2) is 36.7 Å². The second-order valence-electron chi connectivity index (χ2n) is 7.49. The Morgan fingerprint density at radius 2 is 1.87 bits per heavy atom. The van der Waals surface area contributed by atoms with Crippen molar-refractivity contribution in [3.8, 4) is 11.5 Å². The molecule has 5 nitrogen and oxygen atoms in total. The number of halogens is 3. The van der Waals surface area contributed by atoms with Gasteiger partial charge in [0.1, 0.15) is 18.1 Å². The molecular weight excluding hydrogens is 399 g/mol. The lowest BCUT2D eigenvalue weighted by molar-refractivity contribution is -0.153. The molecule has 0 amide bonds. The summed E-state index contributed by atoms with van der Waals surface area (Å²) in [6.45, 7) is 3.50. The largest absolute Gasteiger partial charge is 0.491 e. The number of nitrogens with zero attached hydrogens (tertiary/aromatic N) is 1. The molecule has 1 aliphatic rings. The van der Waals surface area contributed by atoms with Crippen LogP contribution in [0.5, 0.6) is 11.5 Å². The molecule has 1 saturated heterocycles. The van der Waals surface area contributed by atoms with Crippen molar-refractivity contribution in [1.82, 2.24) is 4.57 Å². The van der Waals surface area contributed by atoms with Crippen LogP contribution in [-0.2, 0) is 4.74 Å². The lowest BCUT2D eigenvalue weighted by atomic mass is 10.1. The molecule has 2 unspecified atom stereocenters. The van der Waals surface area contributed by atoms with Gasteiger partial charge in [-0.05, 0) is 56.9 Å². The number of aromatic nitrogens is 1. The van der Waals surface area contributed by atoms with E-state index >= 15 is 0 Å². The second-order valence-corrected chi connectivity index (χ2v) is 7.49. The van der Waals surface area contributed by atoms with E-state index in [1.54, 1.807) is 16.7 Å². The van der Waals surface area contributed by atoms with Crippen molar-refractivity contribution < 1.29 is 27.4 Å². The molecule has 2 atom stereocenters. The Hall–Kier alpha value is -2.48. The summed E-state index contributed by atoms with van der Waals surface area (Å²) in [4.78, 5) is 12.7. The topological polar surface area (TPSA) is 49.7 Å². The minimum absolute atomic E-state index is 0.0542. The van der Waals surface area contributed by atoms with E-state index in [1.165, 1.54) is 18.2 Å². The van der Waals surface area contributed by atoms with Crippen LogP contribution in [0, 0.1) is 6.92 Å². The molecule has 2 aromatic rings. The highest BCUT2D eigenvalue weighted by atomic mass is 19.4. The molecule has 0 radical (unpaired) electrons. The van der Waals surface area contributed by atoms with Crippen molar-refractivity contribution in [2.75, 3.05) is 19.8 Å². The van der Waals surface area contributed by atoms with Crippen molar-refractivity contribution in [3.05, 3.63) is 58.0 Å². The second kappa shape index (κ2) is 9.55. The van der Waals surface area contributed by atoms with E-state index in [0.29, 0.717) is 12.4 Å². The first-order valence-electron chi connectivity index (χ1n) is 10.00. The number of hydrogen-bond donors (Lipinski definition) is 0. The maximum absolute atomic E-state index is 12.7. The summed E-state index contributed by atoms with van der Waals surface area (Å²) >= 11 is 0. The standard InChI is InChI=1S/C22H26F3NO4/c1-15-11-20(29-13-19-5-3-4-10-28-19)12-21(27)26(15)16(2)17-6-8-18(9-7-17)30-14-22(23,24)25/h6-9,11-12,16,19H,3-5,10,13-14H2,1-2H3. The molecule has 1 aromatic heterocycles. The summed E-state index contributed by atoms with van der Waals surface area (Å²) in [6, 6.07) is 9.22. The number of rotatable bonds is 7. The summed E-state index contributed by atoms with van der Waals surface area (Å²) in [5.74, 6) is 0.632. The number of benzene rings is 1. The molecule has 0 aliphatic carbocycles. The van der Waals surface area contributed by atoms with E-state index in [-0.39, 0.29) is 23.5 Å². The molecule has 1 fully saturated rings. The number of alkyl halides is 3. The highest BCUT2D eigenvalue weighted by Gasteiger charge is 2.28. The van der Waals surface area contributed by atoms with Crippen molar-refractivity contribution >= 4 is 0 Å². The van der Waals surface area contributed by atoms with Gasteiger partial charge in [-0.25, -0.2) is 0 Å². The SMILES string of the molecule is Cc1cc(OCC2CCCCO2)cc(=O)n1C(C)c1ccc(OCC(F)(F)F)cc1. The van der Waals surface area contributed by atoms with Gasteiger partial charge < -0.3 is 18.8 Å². The maximum Gasteiger partial charge on any atom is 0.422 e. The third-order valence-electron chi connectivity index (χ3n) is 5.10. The highest BCUT2D eigenvalue weighted by Crippen LogP contribution is 2.24. The number of pyridine rings is 1. The average molecular weight is 425 g/mol. The number of ether oxygens (including phenoxy) is 3. The van der Waals surface area contributed by atoms with Crippen molar-refractivity contribution in [2.24, 2.45) is 0 Å². The van der Waals surface area contributed by atoms with Crippen molar-refractivity contribution in [2.45, 2.75) is 51.4 Å². The Balaban J connectivity index is 1.68. The molecule has 2 heterocycles. The van der Waals surface area contributed by atoms with Gasteiger partial charge in [0.05, 0.1) is 12.1 Å². The van der Waals surface area contributed by atoms with Crippen LogP contribution in [0.4, 0.5) is 13.2 Å². The van der Waals surface area contributed by atoms with Gasteiger partial charge >= 0.3 is 6.18 Å². The zero-order valence-corrected chi connectivity index (χ0v) is 17.1. The van der Waals surface area contributed by atoms with E-state index in [4.69, 9.17) is 14.2 Å². The molecule has 0 spiro atoms. The van der Waals surface area contributed by atoms with Gasteiger partial charge in [-0.3, -0.25) is 4.79 Å². The smallest absolute Gasteiger partial charge is 0.422 e. The Bertz CT molecular complexity index is 887. The third-order valence-corrected chi connectivity index (χ3v) is 5.10. The van der Waals surface area contributed by atoms with Crippen LogP contribution in [0.15, 0.2) is 41.2 Å². The van der Waals surface area contributed by atoms with Crippen LogP contribution in [0.2, 0.25) is 0 Å². The summed E-state index contributed by atoms with van der Waals surface area (Å²) in [5, 5.41) is 0. The zero-order chi connectivity index (χ0) is 21.7. The van der Waals surface area contributed by atoms with Crippen LogP contribution < -0.4 is 15.0 Å². The molecular formula is C22H26F3NO4. The lowest BCUT2D eigenvalue weighted by Crippen LogP contribution is -2.28. The minimum atomic E-state index is -4.39. The van der Waals surface area contributed by atoms with Gasteiger partial charge in [-0.2, -0.15) is 13.2 Å².